The van der Waals surface area contributed by atoms with Gasteiger partial charge in [-0.05, 0) is 43.7 Å². The number of methoxy groups -OCH3 is 1. The van der Waals surface area contributed by atoms with Gasteiger partial charge < -0.3 is 19.0 Å². The first-order chi connectivity index (χ1) is 12.8. The van der Waals surface area contributed by atoms with Crippen molar-refractivity contribution in [3.8, 4) is 22.8 Å². The SMILES string of the molecule is COc1cc(C)c(OC(C)C(=O)O)cc1-c1cc(=O)c2cccc(Cl)c2o1. The third-order valence-corrected chi connectivity index (χ3v) is 4.42. The number of hydrogen-bond acceptors (Lipinski definition) is 5. The van der Waals surface area contributed by atoms with Crippen molar-refractivity contribution in [2.75, 3.05) is 7.11 Å². The minimum absolute atomic E-state index is 0.241. The molecule has 0 aliphatic heterocycles. The lowest BCUT2D eigenvalue weighted by molar-refractivity contribution is -0.144. The highest BCUT2D eigenvalue weighted by Gasteiger charge is 2.19. The summed E-state index contributed by atoms with van der Waals surface area (Å²) in [7, 11) is 1.49. The normalized spacial score (nSPS) is 12.0. The summed E-state index contributed by atoms with van der Waals surface area (Å²) in [6.07, 6.45) is -1.04. The molecule has 3 rings (SSSR count). The monoisotopic (exact) mass is 388 g/mol. The van der Waals surface area contributed by atoms with Crippen molar-refractivity contribution in [2.45, 2.75) is 20.0 Å². The molecular weight excluding hydrogens is 372 g/mol. The van der Waals surface area contributed by atoms with Crippen LogP contribution in [0.4, 0.5) is 0 Å². The van der Waals surface area contributed by atoms with E-state index >= 15 is 0 Å². The second kappa shape index (κ2) is 7.32. The van der Waals surface area contributed by atoms with Crippen LogP contribution < -0.4 is 14.9 Å². The first-order valence-corrected chi connectivity index (χ1v) is 8.50. The van der Waals surface area contributed by atoms with Crippen molar-refractivity contribution in [2.24, 2.45) is 0 Å². The van der Waals surface area contributed by atoms with Crippen molar-refractivity contribution < 1.29 is 23.8 Å². The minimum Gasteiger partial charge on any atom is -0.496 e. The molecule has 7 heteroatoms. The lowest BCUT2D eigenvalue weighted by atomic mass is 10.1. The van der Waals surface area contributed by atoms with E-state index in [9.17, 15) is 9.59 Å². The molecule has 3 aromatic rings. The van der Waals surface area contributed by atoms with Gasteiger partial charge in [0.2, 0.25) is 0 Å². The fourth-order valence-corrected chi connectivity index (χ4v) is 2.88. The Bertz CT molecular complexity index is 1090. The Morgan fingerprint density at radius 1 is 1.22 bits per heavy atom. The van der Waals surface area contributed by atoms with Gasteiger partial charge in [-0.1, -0.05) is 17.7 Å². The standard InChI is InChI=1S/C20H17ClO6/c1-10-7-17(25-3)13(8-16(10)26-11(2)20(23)24)18-9-15(22)12-5-4-6-14(21)19(12)27-18/h4-9,11H,1-3H3,(H,23,24). The molecule has 0 saturated carbocycles. The van der Waals surface area contributed by atoms with Crippen LogP contribution in [0.3, 0.4) is 0 Å². The molecule has 0 radical (unpaired) electrons. The number of hydrogen-bond donors (Lipinski definition) is 1. The minimum atomic E-state index is -1.09. The highest BCUT2D eigenvalue weighted by molar-refractivity contribution is 6.34. The van der Waals surface area contributed by atoms with Gasteiger partial charge in [-0.2, -0.15) is 0 Å². The quantitative estimate of drug-likeness (QED) is 0.702. The molecule has 1 aromatic heterocycles. The smallest absolute Gasteiger partial charge is 0.344 e. The fourth-order valence-electron chi connectivity index (χ4n) is 2.67. The van der Waals surface area contributed by atoms with Crippen LogP contribution in [0, 0.1) is 6.92 Å². The number of rotatable bonds is 5. The highest BCUT2D eigenvalue weighted by atomic mass is 35.5. The van der Waals surface area contributed by atoms with E-state index in [-0.39, 0.29) is 16.8 Å². The van der Waals surface area contributed by atoms with E-state index in [4.69, 9.17) is 30.6 Å². The number of carboxylic acid groups (broad SMARTS) is 1. The van der Waals surface area contributed by atoms with Crippen LogP contribution in [-0.4, -0.2) is 24.3 Å². The number of halogens is 1. The van der Waals surface area contributed by atoms with E-state index in [0.717, 1.165) is 0 Å². The maximum absolute atomic E-state index is 12.5. The average molecular weight is 389 g/mol. The largest absolute Gasteiger partial charge is 0.496 e. The van der Waals surface area contributed by atoms with E-state index in [0.29, 0.717) is 33.0 Å². The summed E-state index contributed by atoms with van der Waals surface area (Å²) in [5.41, 5.74) is 1.16. The molecule has 27 heavy (non-hydrogen) atoms. The van der Waals surface area contributed by atoms with Crippen LogP contribution in [0.5, 0.6) is 11.5 Å². The molecule has 0 amide bonds. The van der Waals surface area contributed by atoms with Gasteiger partial charge in [-0.25, -0.2) is 4.79 Å². The van der Waals surface area contributed by atoms with Crippen molar-refractivity contribution in [3.63, 3.8) is 0 Å². The fraction of sp³-hybridized carbons (Fsp3) is 0.200. The molecule has 0 aliphatic rings. The third kappa shape index (κ3) is 3.61. The topological polar surface area (TPSA) is 86.0 Å². The zero-order valence-electron chi connectivity index (χ0n) is 14.9. The Kier molecular flexibility index (Phi) is 5.10. The lowest BCUT2D eigenvalue weighted by Crippen LogP contribution is -2.23. The Balaban J connectivity index is 2.21. The number of benzene rings is 2. The zero-order valence-corrected chi connectivity index (χ0v) is 15.7. The highest BCUT2D eigenvalue weighted by Crippen LogP contribution is 2.37. The number of para-hydroxylation sites is 1. The molecule has 0 fully saturated rings. The summed E-state index contributed by atoms with van der Waals surface area (Å²) in [6, 6.07) is 9.56. The van der Waals surface area contributed by atoms with Gasteiger partial charge in [0, 0.05) is 6.07 Å². The number of carbonyl (C=O) groups is 1. The summed E-state index contributed by atoms with van der Waals surface area (Å²) in [6.45, 7) is 3.20. The molecule has 0 aliphatic carbocycles. The molecule has 1 N–H and O–H groups in total. The van der Waals surface area contributed by atoms with Crippen molar-refractivity contribution in [1.82, 2.24) is 0 Å². The van der Waals surface area contributed by atoms with Crippen LogP contribution >= 0.6 is 11.6 Å². The first-order valence-electron chi connectivity index (χ1n) is 8.12. The van der Waals surface area contributed by atoms with E-state index in [2.05, 4.69) is 0 Å². The molecule has 0 bridgehead atoms. The summed E-state index contributed by atoms with van der Waals surface area (Å²) >= 11 is 6.17. The van der Waals surface area contributed by atoms with E-state index in [1.807, 2.05) is 0 Å². The Morgan fingerprint density at radius 2 is 1.96 bits per heavy atom. The summed E-state index contributed by atoms with van der Waals surface area (Å²) in [5.74, 6) is -0.0407. The molecule has 6 nitrogen and oxygen atoms in total. The van der Waals surface area contributed by atoms with Crippen molar-refractivity contribution in [1.29, 1.82) is 0 Å². The van der Waals surface area contributed by atoms with Crippen LogP contribution in [0.1, 0.15) is 12.5 Å². The van der Waals surface area contributed by atoms with Gasteiger partial charge >= 0.3 is 5.97 Å². The van der Waals surface area contributed by atoms with Crippen molar-refractivity contribution >= 4 is 28.5 Å². The van der Waals surface area contributed by atoms with Gasteiger partial charge in [0.1, 0.15) is 17.3 Å². The molecule has 140 valence electrons. The second-order valence-corrected chi connectivity index (χ2v) is 6.41. The summed E-state index contributed by atoms with van der Waals surface area (Å²) in [4.78, 5) is 23.6. The second-order valence-electron chi connectivity index (χ2n) is 6.01. The number of ether oxygens (including phenoxy) is 2. The van der Waals surface area contributed by atoms with E-state index in [1.165, 1.54) is 20.1 Å². The molecule has 0 spiro atoms. The first kappa shape index (κ1) is 18.8. The Hall–Kier alpha value is -2.99. The Morgan fingerprint density at radius 3 is 2.63 bits per heavy atom. The maximum Gasteiger partial charge on any atom is 0.344 e. The van der Waals surface area contributed by atoms with Crippen LogP contribution in [0.25, 0.3) is 22.3 Å². The van der Waals surface area contributed by atoms with Crippen LogP contribution in [0.2, 0.25) is 5.02 Å². The van der Waals surface area contributed by atoms with Gasteiger partial charge in [0.15, 0.2) is 17.1 Å². The molecule has 2 aromatic carbocycles. The molecule has 1 unspecified atom stereocenters. The lowest BCUT2D eigenvalue weighted by Gasteiger charge is -2.16. The van der Waals surface area contributed by atoms with Crippen LogP contribution in [0.15, 0.2) is 45.6 Å². The van der Waals surface area contributed by atoms with Crippen LogP contribution in [-0.2, 0) is 4.79 Å². The molecule has 0 saturated heterocycles. The molecular formula is C20H17ClO6. The van der Waals surface area contributed by atoms with Gasteiger partial charge in [0.05, 0.1) is 23.1 Å². The summed E-state index contributed by atoms with van der Waals surface area (Å²) in [5, 5.41) is 9.76. The van der Waals surface area contributed by atoms with E-state index < -0.39 is 12.1 Å². The predicted octanol–water partition coefficient (Wildman–Crippen LogP) is 4.28. The predicted molar refractivity (Wildman–Crippen MR) is 102 cm³/mol. The summed E-state index contributed by atoms with van der Waals surface area (Å²) < 4.78 is 16.8. The van der Waals surface area contributed by atoms with Gasteiger partial charge in [-0.15, -0.1) is 0 Å². The number of aliphatic carboxylic acids is 1. The number of aryl methyl sites for hydroxylation is 1. The van der Waals surface area contributed by atoms with Gasteiger partial charge in [-0.3, -0.25) is 4.79 Å². The molecule has 1 atom stereocenters. The average Bonchev–Trinajstić information content (AvgIpc) is 2.63. The maximum atomic E-state index is 12.5. The van der Waals surface area contributed by atoms with Crippen molar-refractivity contribution in [3.05, 3.63) is 57.2 Å². The van der Waals surface area contributed by atoms with Gasteiger partial charge in [0.25, 0.3) is 0 Å². The zero-order chi connectivity index (χ0) is 19.7. The molecule has 1 heterocycles. The Labute approximate surface area is 159 Å². The van der Waals surface area contributed by atoms with E-state index in [1.54, 1.807) is 37.3 Å². The number of carboxylic acids is 1. The number of fused-ring (bicyclic) bond motifs is 1. The third-order valence-electron chi connectivity index (χ3n) is 4.12.